The van der Waals surface area contributed by atoms with Crippen molar-refractivity contribution in [2.75, 3.05) is 59.0 Å². The van der Waals surface area contributed by atoms with Crippen LogP contribution in [0.25, 0.3) is 0 Å². The monoisotopic (exact) mass is 835 g/mol. The van der Waals surface area contributed by atoms with Crippen molar-refractivity contribution in [3.8, 4) is 11.5 Å². The molecular formula is C32H43N3O12Yb. The molecule has 0 bridgehead atoms. The average Bonchev–Trinajstić information content (AvgIpc) is 2.96. The predicted molar refractivity (Wildman–Crippen MR) is 168 cm³/mol. The molecule has 15 nitrogen and oxygen atoms in total. The third-order valence-electron chi connectivity index (χ3n) is 7.09. The molecule has 0 aromatic heterocycles. The fourth-order valence-electron chi connectivity index (χ4n) is 5.25. The fourth-order valence-corrected chi connectivity index (χ4v) is 5.25. The summed E-state index contributed by atoms with van der Waals surface area (Å²) in [7, 11) is 0. The van der Waals surface area contributed by atoms with Gasteiger partial charge in [-0.1, -0.05) is 24.3 Å². The average molecular weight is 835 g/mol. The van der Waals surface area contributed by atoms with Gasteiger partial charge in [-0.2, -0.15) is 0 Å². The van der Waals surface area contributed by atoms with Gasteiger partial charge in [-0.25, -0.2) is 0 Å². The summed E-state index contributed by atoms with van der Waals surface area (Å²) >= 11 is 0. The van der Waals surface area contributed by atoms with Gasteiger partial charge in [-0.05, 0) is 62.1 Å². The van der Waals surface area contributed by atoms with Gasteiger partial charge in [0.05, 0.1) is 45.9 Å². The molecular weight excluding hydrogens is 791 g/mol. The van der Waals surface area contributed by atoms with Crippen LogP contribution in [0.4, 0.5) is 0 Å². The van der Waals surface area contributed by atoms with E-state index in [0.29, 0.717) is 35.8 Å². The van der Waals surface area contributed by atoms with Crippen LogP contribution in [-0.2, 0) is 36.8 Å². The Hall–Kier alpha value is -3.21. The molecule has 0 fully saturated rings. The first-order chi connectivity index (χ1) is 22.3. The predicted octanol–water partition coefficient (Wildman–Crippen LogP) is 1.34. The SMILES string of the molecule is CCOc1ccc(CC(CN(CC(=O)O)CC(Cc2ccc(OCC)cc2)N(CC(=O)O)CC(=O)O)N(CC(=O)O)CC(=O)O)cc1.[Yb]. The first-order valence-corrected chi connectivity index (χ1v) is 15.0. The Morgan fingerprint density at radius 1 is 0.542 bits per heavy atom. The van der Waals surface area contributed by atoms with Gasteiger partial charge in [-0.3, -0.25) is 38.7 Å². The van der Waals surface area contributed by atoms with Crippen LogP contribution >= 0.6 is 0 Å². The molecule has 0 spiro atoms. The number of hydrogen-bond donors (Lipinski definition) is 5. The van der Waals surface area contributed by atoms with Crippen molar-refractivity contribution in [3.63, 3.8) is 0 Å². The van der Waals surface area contributed by atoms with Crippen molar-refractivity contribution in [3.05, 3.63) is 59.7 Å². The van der Waals surface area contributed by atoms with E-state index in [1.165, 1.54) is 14.7 Å². The smallest absolute Gasteiger partial charge is 0.317 e. The van der Waals surface area contributed by atoms with Crippen molar-refractivity contribution in [1.82, 2.24) is 14.7 Å². The molecule has 48 heavy (non-hydrogen) atoms. The van der Waals surface area contributed by atoms with Gasteiger partial charge in [0.25, 0.3) is 0 Å². The van der Waals surface area contributed by atoms with Crippen LogP contribution in [0.3, 0.4) is 0 Å². The Balaban J connectivity index is 0.0000115. The molecule has 2 aromatic carbocycles. The second-order valence-electron chi connectivity index (χ2n) is 10.8. The zero-order valence-electron chi connectivity index (χ0n) is 26.8. The molecule has 0 aliphatic rings. The van der Waals surface area contributed by atoms with Gasteiger partial charge in [0, 0.05) is 72.1 Å². The summed E-state index contributed by atoms with van der Waals surface area (Å²) in [4.78, 5) is 63.1. The third kappa shape index (κ3) is 16.8. The summed E-state index contributed by atoms with van der Waals surface area (Å²) in [6, 6.07) is 12.2. The Morgan fingerprint density at radius 3 is 1.08 bits per heavy atom. The maximum atomic E-state index is 12.1. The van der Waals surface area contributed by atoms with Crippen molar-refractivity contribution >= 4 is 29.8 Å². The standard InChI is InChI=1S/C32H43N3O12.Yb/c1-3-46-26-9-5-22(6-10-26)13-24(34(18-29(38)39)19-30(40)41)15-33(17-28(36)37)16-25(35(20-31(42)43)21-32(44)45)14-23-7-11-27(12-8-23)47-4-2;/h5-12,24-25H,3-4,13-21H2,1-2H3,(H,36,37)(H,38,39)(H,40,41)(H,42,43)(H,44,45);. The second kappa shape index (κ2) is 22.4. The van der Waals surface area contributed by atoms with Crippen molar-refractivity contribution in [2.24, 2.45) is 0 Å². The zero-order valence-corrected chi connectivity index (χ0v) is 28.5. The number of ether oxygens (including phenoxy) is 2. The van der Waals surface area contributed by atoms with E-state index in [1.54, 1.807) is 48.5 Å². The molecule has 0 amide bonds. The van der Waals surface area contributed by atoms with Crippen LogP contribution in [0.1, 0.15) is 25.0 Å². The van der Waals surface area contributed by atoms with Gasteiger partial charge in [-0.15, -0.1) is 0 Å². The number of carboxylic acid groups (broad SMARTS) is 5. The van der Waals surface area contributed by atoms with Crippen LogP contribution in [0.15, 0.2) is 48.5 Å². The maximum Gasteiger partial charge on any atom is 0.317 e. The second-order valence-corrected chi connectivity index (χ2v) is 10.8. The topological polar surface area (TPSA) is 215 Å². The molecule has 0 aliphatic carbocycles. The number of nitrogens with zero attached hydrogens (tertiary/aromatic N) is 3. The van der Waals surface area contributed by atoms with Gasteiger partial charge >= 0.3 is 29.8 Å². The summed E-state index contributed by atoms with van der Waals surface area (Å²) in [5.74, 6) is -5.17. The normalized spacial score (nSPS) is 12.3. The van der Waals surface area contributed by atoms with E-state index < -0.39 is 74.7 Å². The molecule has 0 saturated carbocycles. The van der Waals surface area contributed by atoms with E-state index in [2.05, 4.69) is 0 Å². The molecule has 0 radical (unpaired) electrons. The molecule has 2 atom stereocenters. The first kappa shape index (κ1) is 42.8. The van der Waals surface area contributed by atoms with Crippen LogP contribution in [-0.4, -0.2) is 141 Å². The molecule has 5 N–H and O–H groups in total. The van der Waals surface area contributed by atoms with E-state index >= 15 is 0 Å². The first-order valence-electron chi connectivity index (χ1n) is 15.0. The summed E-state index contributed by atoms with van der Waals surface area (Å²) in [5, 5.41) is 48.3. The fraction of sp³-hybridized carbons (Fsp3) is 0.469. The summed E-state index contributed by atoms with van der Waals surface area (Å²) in [6.07, 6.45) is 0.279. The molecule has 0 aliphatic heterocycles. The number of benzene rings is 2. The largest absolute Gasteiger partial charge is 0.494 e. The Morgan fingerprint density at radius 2 is 0.833 bits per heavy atom. The number of hydrogen-bond acceptors (Lipinski definition) is 10. The molecule has 0 heterocycles. The van der Waals surface area contributed by atoms with Gasteiger partial charge in [0.2, 0.25) is 0 Å². The van der Waals surface area contributed by atoms with E-state index in [9.17, 15) is 49.5 Å². The number of aliphatic carboxylic acids is 5. The molecule has 16 heteroatoms. The minimum Gasteiger partial charge on any atom is -0.494 e. The van der Waals surface area contributed by atoms with Gasteiger partial charge in [0.1, 0.15) is 11.5 Å². The Kier molecular flexibility index (Phi) is 20.0. The summed E-state index contributed by atoms with van der Waals surface area (Å²) in [5.41, 5.74) is 1.41. The van der Waals surface area contributed by atoms with Crippen molar-refractivity contribution in [1.29, 1.82) is 0 Å². The van der Waals surface area contributed by atoms with Crippen LogP contribution in [0.5, 0.6) is 11.5 Å². The van der Waals surface area contributed by atoms with E-state index in [4.69, 9.17) is 9.47 Å². The molecule has 2 aromatic rings. The third-order valence-corrected chi connectivity index (χ3v) is 7.09. The molecule has 0 saturated heterocycles. The quantitative estimate of drug-likeness (QED) is 0.101. The molecule has 2 rings (SSSR count). The van der Waals surface area contributed by atoms with Crippen LogP contribution in [0.2, 0.25) is 0 Å². The van der Waals surface area contributed by atoms with E-state index in [-0.39, 0.29) is 72.9 Å². The van der Waals surface area contributed by atoms with Gasteiger partial charge < -0.3 is 35.0 Å². The van der Waals surface area contributed by atoms with E-state index in [1.807, 2.05) is 13.8 Å². The molecule has 272 valence electrons. The molecule has 2 unspecified atom stereocenters. The minimum atomic E-state index is -1.28. The summed E-state index contributed by atoms with van der Waals surface area (Å²) in [6.45, 7) is 1.13. The Labute approximate surface area is 317 Å². The zero-order chi connectivity index (χ0) is 34.9. The maximum absolute atomic E-state index is 12.1. The summed E-state index contributed by atoms with van der Waals surface area (Å²) < 4.78 is 11.0. The Bertz CT molecular complexity index is 1200. The minimum absolute atomic E-state index is 0. The number of rotatable bonds is 24. The number of carboxylic acids is 5. The van der Waals surface area contributed by atoms with Crippen molar-refractivity contribution in [2.45, 2.75) is 38.8 Å². The van der Waals surface area contributed by atoms with Gasteiger partial charge in [0.15, 0.2) is 0 Å². The van der Waals surface area contributed by atoms with Crippen LogP contribution < -0.4 is 9.47 Å². The van der Waals surface area contributed by atoms with Crippen LogP contribution in [0, 0.1) is 46.9 Å². The van der Waals surface area contributed by atoms with E-state index in [0.717, 1.165) is 0 Å². The number of carbonyl (C=O) groups is 5. The van der Waals surface area contributed by atoms with Crippen molar-refractivity contribution < 1.29 is 106 Å².